The molecule has 1 heterocycles. The smallest absolute Gasteiger partial charge is 0.167 e. The van der Waals surface area contributed by atoms with Gasteiger partial charge in [-0.15, -0.1) is 0 Å². The molecule has 5 rings (SSSR count). The molecular weight excluding hydrogens is 200 g/mol. The lowest BCUT2D eigenvalue weighted by Crippen LogP contribution is -2.43. The molecule has 0 radical (unpaired) electrons. The average Bonchev–Trinajstić information content (AvgIpc) is 2.63. The lowest BCUT2D eigenvalue weighted by molar-refractivity contribution is -0.0113. The number of aromatic nitrogens is 1. The molecule has 0 atom stereocenters. The fourth-order valence-corrected chi connectivity index (χ4v) is 4.85. The zero-order chi connectivity index (χ0) is 10.7. The summed E-state index contributed by atoms with van der Waals surface area (Å²) in [6, 6.07) is 1.95. The minimum atomic E-state index is 0.545. The van der Waals surface area contributed by atoms with E-state index in [9.17, 15) is 0 Å². The van der Waals surface area contributed by atoms with E-state index in [2.05, 4.69) is 5.16 Å². The molecule has 0 spiro atoms. The number of rotatable bonds is 1. The van der Waals surface area contributed by atoms with Crippen molar-refractivity contribution in [3.63, 3.8) is 0 Å². The third-order valence-corrected chi connectivity index (χ3v) is 5.10. The summed E-state index contributed by atoms with van der Waals surface area (Å²) in [5.41, 5.74) is 5.67. The molecule has 4 aliphatic carbocycles. The maximum absolute atomic E-state index is 5.67. The second-order valence-electron chi connectivity index (χ2n) is 6.11. The largest absolute Gasteiger partial charge is 0.381 e. The Morgan fingerprint density at radius 2 is 1.69 bits per heavy atom. The molecule has 3 heteroatoms. The number of nitrogens with zero attached hydrogens (tertiary/aromatic N) is 1. The van der Waals surface area contributed by atoms with E-state index in [0.717, 1.165) is 29.4 Å². The van der Waals surface area contributed by atoms with E-state index in [4.69, 9.17) is 10.3 Å². The number of anilines is 1. The van der Waals surface area contributed by atoms with Crippen LogP contribution in [-0.2, 0) is 0 Å². The summed E-state index contributed by atoms with van der Waals surface area (Å²) >= 11 is 0. The summed E-state index contributed by atoms with van der Waals surface area (Å²) in [5, 5.41) is 3.85. The van der Waals surface area contributed by atoms with Crippen molar-refractivity contribution < 1.29 is 4.52 Å². The maximum atomic E-state index is 5.67. The van der Waals surface area contributed by atoms with E-state index in [-0.39, 0.29) is 0 Å². The number of hydrogen-bond acceptors (Lipinski definition) is 3. The zero-order valence-corrected chi connectivity index (χ0v) is 9.43. The molecule has 4 aliphatic rings. The van der Waals surface area contributed by atoms with Gasteiger partial charge in [0.1, 0.15) is 5.76 Å². The molecule has 0 saturated heterocycles. The molecule has 3 nitrogen and oxygen atoms in total. The van der Waals surface area contributed by atoms with Gasteiger partial charge in [-0.25, -0.2) is 0 Å². The van der Waals surface area contributed by atoms with Gasteiger partial charge in [0.15, 0.2) is 5.82 Å². The summed E-state index contributed by atoms with van der Waals surface area (Å²) in [7, 11) is 0. The molecule has 0 amide bonds. The van der Waals surface area contributed by atoms with E-state index < -0.39 is 0 Å². The third-order valence-electron chi connectivity index (χ3n) is 5.10. The number of nitrogens with two attached hydrogens (primary N) is 1. The van der Waals surface area contributed by atoms with Crippen molar-refractivity contribution in [3.05, 3.63) is 11.8 Å². The van der Waals surface area contributed by atoms with Gasteiger partial charge in [0, 0.05) is 12.0 Å². The topological polar surface area (TPSA) is 52.0 Å². The van der Waals surface area contributed by atoms with Crippen LogP contribution < -0.4 is 5.73 Å². The van der Waals surface area contributed by atoms with E-state index in [0.29, 0.717) is 11.7 Å². The van der Waals surface area contributed by atoms with Gasteiger partial charge in [-0.2, -0.15) is 0 Å². The van der Waals surface area contributed by atoms with Crippen LogP contribution in [0, 0.1) is 23.7 Å². The highest BCUT2D eigenvalue weighted by atomic mass is 16.5. The first-order chi connectivity index (χ1) is 7.79. The summed E-state index contributed by atoms with van der Waals surface area (Å²) < 4.78 is 5.42. The summed E-state index contributed by atoms with van der Waals surface area (Å²) in [4.78, 5) is 0. The molecule has 0 aromatic carbocycles. The minimum Gasteiger partial charge on any atom is -0.381 e. The van der Waals surface area contributed by atoms with Gasteiger partial charge in [0.25, 0.3) is 0 Å². The van der Waals surface area contributed by atoms with Crippen molar-refractivity contribution in [2.24, 2.45) is 23.7 Å². The Bertz CT molecular complexity index is 384. The predicted molar refractivity (Wildman–Crippen MR) is 60.7 cm³/mol. The standard InChI is InChI=1S/C13H18N2O/c14-12-6-11(16-15-12)13-9-2-7-1-8(4-9)5-10(13)3-7/h6-10,13H,1-5H2,(H2,14,15). The van der Waals surface area contributed by atoms with Crippen LogP contribution in [0.15, 0.2) is 10.6 Å². The van der Waals surface area contributed by atoms with E-state index in [1.807, 2.05) is 6.07 Å². The van der Waals surface area contributed by atoms with Crippen LogP contribution in [0.2, 0.25) is 0 Å². The zero-order valence-electron chi connectivity index (χ0n) is 9.43. The van der Waals surface area contributed by atoms with Crippen molar-refractivity contribution in [1.29, 1.82) is 0 Å². The molecule has 4 fully saturated rings. The molecule has 1 aromatic heterocycles. The van der Waals surface area contributed by atoms with E-state index in [1.165, 1.54) is 32.1 Å². The number of hydrogen-bond donors (Lipinski definition) is 1. The predicted octanol–water partition coefficient (Wildman–Crippen LogP) is 2.80. The first-order valence-electron chi connectivity index (χ1n) is 6.51. The van der Waals surface area contributed by atoms with E-state index >= 15 is 0 Å². The van der Waals surface area contributed by atoms with Crippen LogP contribution in [0.3, 0.4) is 0 Å². The lowest BCUT2D eigenvalue weighted by atomic mass is 9.51. The fraction of sp³-hybridized carbons (Fsp3) is 0.769. The summed E-state index contributed by atoms with van der Waals surface area (Å²) in [5.74, 6) is 5.96. The van der Waals surface area contributed by atoms with Crippen molar-refractivity contribution >= 4 is 5.82 Å². The van der Waals surface area contributed by atoms with Crippen LogP contribution in [-0.4, -0.2) is 5.16 Å². The molecule has 4 saturated carbocycles. The molecule has 86 valence electrons. The van der Waals surface area contributed by atoms with Crippen molar-refractivity contribution in [2.75, 3.05) is 5.73 Å². The van der Waals surface area contributed by atoms with Gasteiger partial charge in [-0.05, 0) is 55.8 Å². The first-order valence-corrected chi connectivity index (χ1v) is 6.51. The quantitative estimate of drug-likeness (QED) is 0.788. The Kier molecular flexibility index (Phi) is 1.72. The molecule has 1 aromatic rings. The Morgan fingerprint density at radius 3 is 2.19 bits per heavy atom. The normalized spacial score (nSPS) is 45.1. The van der Waals surface area contributed by atoms with Crippen LogP contribution >= 0.6 is 0 Å². The van der Waals surface area contributed by atoms with Gasteiger partial charge in [-0.1, -0.05) is 5.16 Å². The van der Waals surface area contributed by atoms with Crippen LogP contribution in [0.5, 0.6) is 0 Å². The Morgan fingerprint density at radius 1 is 1.06 bits per heavy atom. The molecular formula is C13H18N2O. The SMILES string of the molecule is Nc1cc(C2C3CC4CC(C3)CC2C4)on1. The van der Waals surface area contributed by atoms with Gasteiger partial charge in [0.2, 0.25) is 0 Å². The first kappa shape index (κ1) is 9.08. The molecule has 2 N–H and O–H groups in total. The molecule has 0 aliphatic heterocycles. The van der Waals surface area contributed by atoms with Gasteiger partial charge in [0.05, 0.1) is 0 Å². The molecule has 4 bridgehead atoms. The van der Waals surface area contributed by atoms with Crippen molar-refractivity contribution in [1.82, 2.24) is 5.16 Å². The summed E-state index contributed by atoms with van der Waals surface area (Å²) in [6.07, 6.45) is 7.16. The minimum absolute atomic E-state index is 0.545. The van der Waals surface area contributed by atoms with E-state index in [1.54, 1.807) is 0 Å². The highest BCUT2D eigenvalue weighted by Gasteiger charge is 2.49. The Labute approximate surface area is 95.4 Å². The second kappa shape index (κ2) is 3.02. The molecule has 16 heavy (non-hydrogen) atoms. The average molecular weight is 218 g/mol. The van der Waals surface area contributed by atoms with Crippen LogP contribution in [0.4, 0.5) is 5.82 Å². The van der Waals surface area contributed by atoms with Gasteiger partial charge < -0.3 is 10.3 Å². The third kappa shape index (κ3) is 1.17. The van der Waals surface area contributed by atoms with Gasteiger partial charge in [-0.3, -0.25) is 0 Å². The highest BCUT2D eigenvalue weighted by Crippen LogP contribution is 2.59. The van der Waals surface area contributed by atoms with Crippen molar-refractivity contribution in [2.45, 2.75) is 38.0 Å². The maximum Gasteiger partial charge on any atom is 0.167 e. The molecule has 0 unspecified atom stereocenters. The fourth-order valence-electron chi connectivity index (χ4n) is 4.85. The lowest BCUT2D eigenvalue weighted by Gasteiger charge is -2.53. The summed E-state index contributed by atoms with van der Waals surface area (Å²) in [6.45, 7) is 0. The Balaban J connectivity index is 1.69. The highest BCUT2D eigenvalue weighted by molar-refractivity contribution is 5.29. The van der Waals surface area contributed by atoms with Crippen molar-refractivity contribution in [3.8, 4) is 0 Å². The van der Waals surface area contributed by atoms with Crippen LogP contribution in [0.25, 0.3) is 0 Å². The monoisotopic (exact) mass is 218 g/mol. The van der Waals surface area contributed by atoms with Gasteiger partial charge >= 0.3 is 0 Å². The Hall–Kier alpha value is -0.990. The second-order valence-corrected chi connectivity index (χ2v) is 6.11. The number of nitrogen functional groups attached to an aromatic ring is 1. The van der Waals surface area contributed by atoms with Crippen LogP contribution in [0.1, 0.15) is 43.8 Å².